The summed E-state index contributed by atoms with van der Waals surface area (Å²) in [6.07, 6.45) is 0. The van der Waals surface area contributed by atoms with Gasteiger partial charge in [-0.3, -0.25) is 9.59 Å². The van der Waals surface area contributed by atoms with Crippen molar-refractivity contribution in [2.45, 2.75) is 6.92 Å². The van der Waals surface area contributed by atoms with Gasteiger partial charge in [0, 0.05) is 11.6 Å². The number of halogens is 1. The fraction of sp³-hybridized carbons (Fsp3) is 0.385. The Morgan fingerprint density at radius 3 is 2.63 bits per heavy atom. The molecule has 0 bridgehead atoms. The third kappa shape index (κ3) is 3.05. The van der Waals surface area contributed by atoms with Gasteiger partial charge in [-0.15, -0.1) is 0 Å². The lowest BCUT2D eigenvalue weighted by Gasteiger charge is -2.31. The maximum absolute atomic E-state index is 12.0. The van der Waals surface area contributed by atoms with E-state index in [2.05, 4.69) is 10.6 Å². The average molecular weight is 282 g/mol. The van der Waals surface area contributed by atoms with Crippen molar-refractivity contribution in [3.05, 3.63) is 28.8 Å². The lowest BCUT2D eigenvalue weighted by Crippen LogP contribution is -2.48. The van der Waals surface area contributed by atoms with Crippen LogP contribution in [0.25, 0.3) is 0 Å². The van der Waals surface area contributed by atoms with E-state index in [0.717, 1.165) is 13.1 Å². The largest absolute Gasteiger partial charge is 0.366 e. The number of nitrogens with two attached hydrogens (primary N) is 1. The molecular formula is C13H16ClN3O2. The number of amides is 2. The van der Waals surface area contributed by atoms with Crippen molar-refractivity contribution < 1.29 is 9.59 Å². The minimum atomic E-state index is -0.586. The van der Waals surface area contributed by atoms with Crippen molar-refractivity contribution in [1.82, 2.24) is 5.32 Å². The van der Waals surface area contributed by atoms with Gasteiger partial charge in [0.05, 0.1) is 10.6 Å². The van der Waals surface area contributed by atoms with Crippen molar-refractivity contribution in [3.8, 4) is 0 Å². The van der Waals surface area contributed by atoms with Crippen LogP contribution >= 0.6 is 11.6 Å². The summed E-state index contributed by atoms with van der Waals surface area (Å²) in [5, 5.41) is 6.17. The van der Waals surface area contributed by atoms with Crippen LogP contribution in [0.2, 0.25) is 5.02 Å². The summed E-state index contributed by atoms with van der Waals surface area (Å²) in [5.41, 5.74) is 5.98. The number of rotatable bonds is 4. The molecule has 0 saturated carbocycles. The molecule has 1 fully saturated rings. The minimum absolute atomic E-state index is 0.0469. The summed E-state index contributed by atoms with van der Waals surface area (Å²) in [6, 6.07) is 4.66. The molecule has 0 aromatic heterocycles. The van der Waals surface area contributed by atoms with Crippen LogP contribution in [0, 0.1) is 11.8 Å². The zero-order chi connectivity index (χ0) is 14.0. The Morgan fingerprint density at radius 2 is 2.16 bits per heavy atom. The first-order valence-electron chi connectivity index (χ1n) is 6.10. The van der Waals surface area contributed by atoms with E-state index in [4.69, 9.17) is 17.3 Å². The predicted molar refractivity (Wildman–Crippen MR) is 74.1 cm³/mol. The first kappa shape index (κ1) is 13.8. The number of carbonyl (C=O) groups excluding carboxylic acids is 2. The van der Waals surface area contributed by atoms with Gasteiger partial charge in [-0.1, -0.05) is 18.5 Å². The fourth-order valence-corrected chi connectivity index (χ4v) is 2.20. The third-order valence-electron chi connectivity index (χ3n) is 3.44. The number of hydrogen-bond acceptors (Lipinski definition) is 3. The second kappa shape index (κ2) is 5.59. The highest BCUT2D eigenvalue weighted by molar-refractivity contribution is 6.34. The molecule has 1 aliphatic rings. The SMILES string of the molecule is CC(C(=O)Nc1ccc(C(N)=O)c(Cl)c1)C1CNC1. The zero-order valence-electron chi connectivity index (χ0n) is 10.6. The molecule has 1 aliphatic heterocycles. The molecule has 1 aromatic carbocycles. The van der Waals surface area contributed by atoms with Crippen molar-refractivity contribution in [2.75, 3.05) is 18.4 Å². The van der Waals surface area contributed by atoms with E-state index in [1.54, 1.807) is 6.07 Å². The van der Waals surface area contributed by atoms with E-state index in [0.29, 0.717) is 11.6 Å². The Bertz CT molecular complexity index is 515. The quantitative estimate of drug-likeness (QED) is 0.776. The van der Waals surface area contributed by atoms with E-state index in [1.165, 1.54) is 12.1 Å². The molecule has 2 amide bonds. The molecule has 0 spiro atoms. The second-order valence-electron chi connectivity index (χ2n) is 4.76. The summed E-state index contributed by atoms with van der Waals surface area (Å²) in [7, 11) is 0. The van der Waals surface area contributed by atoms with Gasteiger partial charge in [0.1, 0.15) is 0 Å². The monoisotopic (exact) mass is 281 g/mol. The van der Waals surface area contributed by atoms with Crippen LogP contribution in [0.1, 0.15) is 17.3 Å². The topological polar surface area (TPSA) is 84.2 Å². The Morgan fingerprint density at radius 1 is 1.47 bits per heavy atom. The molecule has 0 aliphatic carbocycles. The first-order chi connectivity index (χ1) is 8.99. The highest BCUT2D eigenvalue weighted by atomic mass is 35.5. The summed E-state index contributed by atoms with van der Waals surface area (Å²) in [4.78, 5) is 23.0. The van der Waals surface area contributed by atoms with Crippen LogP contribution in [0.3, 0.4) is 0 Å². The smallest absolute Gasteiger partial charge is 0.250 e. The molecule has 1 aromatic rings. The van der Waals surface area contributed by atoms with E-state index < -0.39 is 5.91 Å². The molecular weight excluding hydrogens is 266 g/mol. The standard InChI is InChI=1S/C13H16ClN3O2/c1-7(8-5-16-6-8)13(19)17-9-2-3-10(12(15)18)11(14)4-9/h2-4,7-8,16H,5-6H2,1H3,(H2,15,18)(H,17,19). The van der Waals surface area contributed by atoms with Crippen molar-refractivity contribution >= 4 is 29.1 Å². The Labute approximate surface area is 116 Å². The molecule has 1 unspecified atom stereocenters. The van der Waals surface area contributed by atoms with Gasteiger partial charge in [0.25, 0.3) is 0 Å². The lowest BCUT2D eigenvalue weighted by atomic mass is 9.88. The molecule has 4 N–H and O–H groups in total. The molecule has 102 valence electrons. The van der Waals surface area contributed by atoms with E-state index in [1.807, 2.05) is 6.92 Å². The highest BCUT2D eigenvalue weighted by Crippen LogP contribution is 2.22. The van der Waals surface area contributed by atoms with Crippen LogP contribution in [0.15, 0.2) is 18.2 Å². The van der Waals surface area contributed by atoms with Gasteiger partial charge < -0.3 is 16.4 Å². The van der Waals surface area contributed by atoms with Crippen molar-refractivity contribution in [1.29, 1.82) is 0 Å². The average Bonchev–Trinajstić information content (AvgIpc) is 2.25. The number of benzene rings is 1. The van der Waals surface area contributed by atoms with Gasteiger partial charge in [-0.05, 0) is 37.2 Å². The minimum Gasteiger partial charge on any atom is -0.366 e. The summed E-state index contributed by atoms with van der Waals surface area (Å²) >= 11 is 5.93. The highest BCUT2D eigenvalue weighted by Gasteiger charge is 2.28. The summed E-state index contributed by atoms with van der Waals surface area (Å²) in [6.45, 7) is 3.64. The molecule has 1 atom stereocenters. The third-order valence-corrected chi connectivity index (χ3v) is 3.75. The number of anilines is 1. The van der Waals surface area contributed by atoms with Gasteiger partial charge in [-0.2, -0.15) is 0 Å². The fourth-order valence-electron chi connectivity index (χ4n) is 1.93. The van der Waals surface area contributed by atoms with E-state index >= 15 is 0 Å². The maximum atomic E-state index is 12.0. The van der Waals surface area contributed by atoms with Crippen molar-refractivity contribution in [3.63, 3.8) is 0 Å². The summed E-state index contributed by atoms with van der Waals surface area (Å²) < 4.78 is 0. The van der Waals surface area contributed by atoms with Gasteiger partial charge in [0.15, 0.2) is 0 Å². The zero-order valence-corrected chi connectivity index (χ0v) is 11.3. The summed E-state index contributed by atoms with van der Waals surface area (Å²) in [5.74, 6) is -0.317. The molecule has 0 radical (unpaired) electrons. The Kier molecular flexibility index (Phi) is 4.07. The first-order valence-corrected chi connectivity index (χ1v) is 6.47. The lowest BCUT2D eigenvalue weighted by molar-refractivity contribution is -0.121. The maximum Gasteiger partial charge on any atom is 0.250 e. The van der Waals surface area contributed by atoms with Gasteiger partial charge >= 0.3 is 0 Å². The second-order valence-corrected chi connectivity index (χ2v) is 5.16. The predicted octanol–water partition coefficient (Wildman–Crippen LogP) is 1.23. The van der Waals surface area contributed by atoms with Crippen LogP contribution < -0.4 is 16.4 Å². The normalized spacial score (nSPS) is 16.5. The van der Waals surface area contributed by atoms with E-state index in [9.17, 15) is 9.59 Å². The van der Waals surface area contributed by atoms with Gasteiger partial charge in [-0.25, -0.2) is 0 Å². The number of hydrogen-bond donors (Lipinski definition) is 3. The molecule has 19 heavy (non-hydrogen) atoms. The van der Waals surface area contributed by atoms with Crippen molar-refractivity contribution in [2.24, 2.45) is 17.6 Å². The number of nitrogens with one attached hydrogen (secondary N) is 2. The van der Waals surface area contributed by atoms with Crippen LogP contribution in [-0.4, -0.2) is 24.9 Å². The Balaban J connectivity index is 2.04. The van der Waals surface area contributed by atoms with Crippen LogP contribution in [0.5, 0.6) is 0 Å². The van der Waals surface area contributed by atoms with Gasteiger partial charge in [0.2, 0.25) is 11.8 Å². The van der Waals surface area contributed by atoms with Crippen LogP contribution in [-0.2, 0) is 4.79 Å². The molecule has 5 nitrogen and oxygen atoms in total. The van der Waals surface area contributed by atoms with Crippen LogP contribution in [0.4, 0.5) is 5.69 Å². The molecule has 2 rings (SSSR count). The molecule has 1 saturated heterocycles. The number of carbonyl (C=O) groups is 2. The van der Waals surface area contributed by atoms with E-state index in [-0.39, 0.29) is 22.4 Å². The molecule has 6 heteroatoms. The molecule has 1 heterocycles. The number of primary amides is 1. The Hall–Kier alpha value is -1.59.